The highest BCUT2D eigenvalue weighted by Gasteiger charge is 2.18. The monoisotopic (exact) mass is 510 g/mol. The lowest BCUT2D eigenvalue weighted by Gasteiger charge is -2.05. The first-order chi connectivity index (χ1) is 16.2. The number of carbonyl (C=O) groups is 1. The Morgan fingerprint density at radius 2 is 1.21 bits per heavy atom. The van der Waals surface area contributed by atoms with E-state index in [2.05, 4.69) is 69.8 Å². The molecule has 33 heavy (non-hydrogen) atoms. The van der Waals surface area contributed by atoms with Gasteiger partial charge in [-0.2, -0.15) is 0 Å². The fourth-order valence-electron chi connectivity index (χ4n) is 3.62. The number of rotatable bonds is 5. The molecular formula is C28H19BrN2OS. The molecule has 0 saturated heterocycles. The number of nitrogens with zero attached hydrogens (tertiary/aromatic N) is 1. The lowest BCUT2D eigenvalue weighted by molar-refractivity contribution is 0.102. The molecule has 1 N–H and O–H groups in total. The predicted molar refractivity (Wildman–Crippen MR) is 141 cm³/mol. The van der Waals surface area contributed by atoms with Gasteiger partial charge >= 0.3 is 0 Å². The third-order valence-electron chi connectivity index (χ3n) is 5.27. The van der Waals surface area contributed by atoms with Crippen molar-refractivity contribution < 1.29 is 4.79 Å². The molecule has 1 heterocycles. The van der Waals surface area contributed by atoms with Crippen molar-refractivity contribution in [3.63, 3.8) is 0 Å². The fourth-order valence-corrected chi connectivity index (χ4v) is 5.07. The first kappa shape index (κ1) is 21.3. The quantitative estimate of drug-likeness (QED) is 0.259. The largest absolute Gasteiger partial charge is 0.298 e. The predicted octanol–water partition coefficient (Wildman–Crippen LogP) is 8.16. The van der Waals surface area contributed by atoms with E-state index in [4.69, 9.17) is 4.98 Å². The summed E-state index contributed by atoms with van der Waals surface area (Å²) < 4.78 is 0.749. The SMILES string of the molecule is O=C(Nc1nc(-c2ccc(-c3ccccc3)cc2)c(-c2ccccc2)s1)c1ccccc1Br. The minimum Gasteiger partial charge on any atom is -0.298 e. The van der Waals surface area contributed by atoms with Crippen LogP contribution in [-0.2, 0) is 0 Å². The molecule has 0 unspecified atom stereocenters. The van der Waals surface area contributed by atoms with Crippen LogP contribution in [-0.4, -0.2) is 10.9 Å². The van der Waals surface area contributed by atoms with Crippen LogP contribution in [0.1, 0.15) is 10.4 Å². The molecule has 0 fully saturated rings. The van der Waals surface area contributed by atoms with Crippen molar-refractivity contribution in [2.24, 2.45) is 0 Å². The lowest BCUT2D eigenvalue weighted by atomic mass is 10.0. The van der Waals surface area contributed by atoms with Crippen LogP contribution in [0.5, 0.6) is 0 Å². The van der Waals surface area contributed by atoms with Gasteiger partial charge in [0.1, 0.15) is 0 Å². The van der Waals surface area contributed by atoms with Crippen LogP contribution in [0.3, 0.4) is 0 Å². The van der Waals surface area contributed by atoms with Gasteiger partial charge in [0.2, 0.25) is 0 Å². The maximum Gasteiger partial charge on any atom is 0.258 e. The number of nitrogens with one attached hydrogen (secondary N) is 1. The van der Waals surface area contributed by atoms with E-state index in [1.54, 1.807) is 6.07 Å². The minimum absolute atomic E-state index is 0.193. The van der Waals surface area contributed by atoms with Gasteiger partial charge in [-0.25, -0.2) is 4.98 Å². The third kappa shape index (κ3) is 4.65. The summed E-state index contributed by atoms with van der Waals surface area (Å²) >= 11 is 4.93. The molecule has 0 radical (unpaired) electrons. The number of halogens is 1. The van der Waals surface area contributed by atoms with E-state index in [0.29, 0.717) is 10.7 Å². The smallest absolute Gasteiger partial charge is 0.258 e. The molecule has 0 aliphatic carbocycles. The summed E-state index contributed by atoms with van der Waals surface area (Å²) in [4.78, 5) is 18.7. The van der Waals surface area contributed by atoms with Gasteiger partial charge in [0.05, 0.1) is 16.1 Å². The van der Waals surface area contributed by atoms with Crippen molar-refractivity contribution in [1.29, 1.82) is 0 Å². The van der Waals surface area contributed by atoms with E-state index in [1.165, 1.54) is 16.9 Å². The molecule has 5 heteroatoms. The van der Waals surface area contributed by atoms with E-state index in [-0.39, 0.29) is 5.91 Å². The van der Waals surface area contributed by atoms with Crippen molar-refractivity contribution in [2.75, 3.05) is 5.32 Å². The summed E-state index contributed by atoms with van der Waals surface area (Å²) in [6.45, 7) is 0. The van der Waals surface area contributed by atoms with E-state index < -0.39 is 0 Å². The molecule has 5 aromatic rings. The van der Waals surface area contributed by atoms with E-state index in [0.717, 1.165) is 31.7 Å². The Bertz CT molecular complexity index is 1400. The zero-order chi connectivity index (χ0) is 22.6. The standard InChI is InChI=1S/C28H19BrN2OS/c29-24-14-8-7-13-23(24)27(32)31-28-30-25(26(33-28)22-11-5-2-6-12-22)21-17-15-20(16-18-21)19-9-3-1-4-10-19/h1-18H,(H,30,31,32). The molecule has 160 valence electrons. The Morgan fingerprint density at radius 3 is 1.88 bits per heavy atom. The maximum atomic E-state index is 12.9. The fraction of sp³-hybridized carbons (Fsp3) is 0. The van der Waals surface area contributed by atoms with E-state index >= 15 is 0 Å². The van der Waals surface area contributed by atoms with Crippen molar-refractivity contribution >= 4 is 38.3 Å². The Labute approximate surface area is 204 Å². The molecule has 1 aromatic heterocycles. The van der Waals surface area contributed by atoms with Crippen molar-refractivity contribution in [1.82, 2.24) is 4.98 Å². The zero-order valence-corrected chi connectivity index (χ0v) is 19.9. The molecule has 1 amide bonds. The molecule has 0 aliphatic rings. The second-order valence-electron chi connectivity index (χ2n) is 7.44. The minimum atomic E-state index is -0.193. The average molecular weight is 511 g/mol. The van der Waals surface area contributed by atoms with Gasteiger partial charge in [0, 0.05) is 10.0 Å². The highest BCUT2D eigenvalue weighted by molar-refractivity contribution is 9.10. The van der Waals surface area contributed by atoms with Crippen LogP contribution in [0.4, 0.5) is 5.13 Å². The lowest BCUT2D eigenvalue weighted by Crippen LogP contribution is -2.12. The summed E-state index contributed by atoms with van der Waals surface area (Å²) in [6.07, 6.45) is 0. The zero-order valence-electron chi connectivity index (χ0n) is 17.5. The third-order valence-corrected chi connectivity index (χ3v) is 6.98. The van der Waals surface area contributed by atoms with Crippen LogP contribution in [0.2, 0.25) is 0 Å². The van der Waals surface area contributed by atoms with Gasteiger partial charge < -0.3 is 0 Å². The number of amides is 1. The molecule has 4 aromatic carbocycles. The summed E-state index contributed by atoms with van der Waals surface area (Å²) in [6, 6.07) is 36.2. The Morgan fingerprint density at radius 1 is 0.667 bits per heavy atom. The Hall–Kier alpha value is -3.54. The highest BCUT2D eigenvalue weighted by atomic mass is 79.9. The van der Waals surface area contributed by atoms with Crippen molar-refractivity contribution in [2.45, 2.75) is 0 Å². The van der Waals surface area contributed by atoms with Crippen LogP contribution < -0.4 is 5.32 Å². The second-order valence-corrected chi connectivity index (χ2v) is 9.29. The first-order valence-corrected chi connectivity index (χ1v) is 12.1. The molecule has 0 spiro atoms. The van der Waals surface area contributed by atoms with Crippen LogP contribution in [0, 0.1) is 0 Å². The number of anilines is 1. The number of thiazole rings is 1. The molecule has 0 bridgehead atoms. The van der Waals surface area contributed by atoms with Crippen molar-refractivity contribution in [3.8, 4) is 32.8 Å². The maximum absolute atomic E-state index is 12.9. The molecule has 3 nitrogen and oxygen atoms in total. The van der Waals surface area contributed by atoms with Gasteiger partial charge in [-0.1, -0.05) is 108 Å². The topological polar surface area (TPSA) is 42.0 Å². The van der Waals surface area contributed by atoms with E-state index in [9.17, 15) is 4.79 Å². The van der Waals surface area contributed by atoms with Gasteiger partial charge in [-0.3, -0.25) is 10.1 Å². The van der Waals surface area contributed by atoms with Gasteiger partial charge in [-0.05, 0) is 44.8 Å². The number of aromatic nitrogens is 1. The molecular weight excluding hydrogens is 492 g/mol. The van der Waals surface area contributed by atoms with Gasteiger partial charge in [-0.15, -0.1) is 0 Å². The number of benzene rings is 4. The number of hydrogen-bond donors (Lipinski definition) is 1. The molecule has 0 aliphatic heterocycles. The summed E-state index contributed by atoms with van der Waals surface area (Å²) in [7, 11) is 0. The van der Waals surface area contributed by atoms with Crippen LogP contribution in [0.15, 0.2) is 114 Å². The number of hydrogen-bond acceptors (Lipinski definition) is 3. The molecule has 0 saturated carbocycles. The summed E-state index contributed by atoms with van der Waals surface area (Å²) in [5.41, 5.74) is 5.82. The molecule has 0 atom stereocenters. The number of carbonyl (C=O) groups excluding carboxylic acids is 1. The summed E-state index contributed by atoms with van der Waals surface area (Å²) in [5.74, 6) is -0.193. The average Bonchev–Trinajstić information content (AvgIpc) is 3.29. The normalized spacial score (nSPS) is 10.7. The van der Waals surface area contributed by atoms with Crippen LogP contribution in [0.25, 0.3) is 32.8 Å². The first-order valence-electron chi connectivity index (χ1n) is 10.5. The van der Waals surface area contributed by atoms with Gasteiger partial charge in [0.25, 0.3) is 5.91 Å². The highest BCUT2D eigenvalue weighted by Crippen LogP contribution is 2.39. The summed E-state index contributed by atoms with van der Waals surface area (Å²) in [5, 5.41) is 3.54. The second kappa shape index (κ2) is 9.53. The Balaban J connectivity index is 1.52. The van der Waals surface area contributed by atoms with E-state index in [1.807, 2.05) is 54.6 Å². The van der Waals surface area contributed by atoms with Gasteiger partial charge in [0.15, 0.2) is 5.13 Å². The van der Waals surface area contributed by atoms with Crippen molar-refractivity contribution in [3.05, 3.63) is 119 Å². The molecule has 5 rings (SSSR count). The van der Waals surface area contributed by atoms with Crippen LogP contribution >= 0.6 is 27.3 Å². The Kier molecular flexibility index (Phi) is 6.15.